The van der Waals surface area contributed by atoms with Gasteiger partial charge in [0.15, 0.2) is 0 Å². The molecular weight excluding hydrogens is 220 g/mol. The predicted molar refractivity (Wildman–Crippen MR) is 77.4 cm³/mol. The van der Waals surface area contributed by atoms with Crippen molar-refractivity contribution in [1.29, 1.82) is 0 Å². The number of ether oxygens (including phenoxy) is 1. The maximum absolute atomic E-state index is 6.33. The van der Waals surface area contributed by atoms with Gasteiger partial charge >= 0.3 is 0 Å². The summed E-state index contributed by atoms with van der Waals surface area (Å²) in [7, 11) is 0. The van der Waals surface area contributed by atoms with Gasteiger partial charge in [0.05, 0.1) is 0 Å². The fraction of sp³-hybridized carbons (Fsp3) is 0.647. The lowest BCUT2D eigenvalue weighted by atomic mass is 9.55. The molecule has 1 aromatic rings. The Hall–Kier alpha value is -0.980. The van der Waals surface area contributed by atoms with E-state index in [0.29, 0.717) is 0 Å². The van der Waals surface area contributed by atoms with Gasteiger partial charge in [-0.1, -0.05) is 33.8 Å². The molecule has 0 aliphatic carbocycles. The van der Waals surface area contributed by atoms with Crippen LogP contribution in [0.15, 0.2) is 12.1 Å². The zero-order valence-electron chi connectivity index (χ0n) is 13.1. The van der Waals surface area contributed by atoms with Crippen molar-refractivity contribution in [3.05, 3.63) is 28.8 Å². The highest BCUT2D eigenvalue weighted by Gasteiger charge is 2.55. The van der Waals surface area contributed by atoms with Gasteiger partial charge in [-0.05, 0) is 44.9 Å². The minimum Gasteiger partial charge on any atom is -0.487 e. The molecule has 100 valence electrons. The third kappa shape index (κ3) is 1.52. The van der Waals surface area contributed by atoms with Gasteiger partial charge in [-0.2, -0.15) is 0 Å². The Balaban J connectivity index is 2.77. The van der Waals surface area contributed by atoms with E-state index >= 15 is 0 Å². The molecule has 0 unspecified atom stereocenters. The molecule has 0 saturated heterocycles. The molecule has 1 aliphatic rings. The van der Waals surface area contributed by atoms with Crippen molar-refractivity contribution in [3.8, 4) is 5.75 Å². The molecule has 0 fully saturated rings. The van der Waals surface area contributed by atoms with Crippen LogP contribution in [-0.2, 0) is 5.41 Å². The van der Waals surface area contributed by atoms with Crippen molar-refractivity contribution in [2.45, 2.75) is 66.4 Å². The fourth-order valence-electron chi connectivity index (χ4n) is 3.28. The van der Waals surface area contributed by atoms with Crippen LogP contribution in [-0.4, -0.2) is 5.60 Å². The van der Waals surface area contributed by atoms with Crippen molar-refractivity contribution < 1.29 is 4.74 Å². The molecule has 0 N–H and O–H groups in total. The highest BCUT2D eigenvalue weighted by molar-refractivity contribution is 5.51. The summed E-state index contributed by atoms with van der Waals surface area (Å²) in [6.45, 7) is 18.1. The lowest BCUT2D eigenvalue weighted by molar-refractivity contribution is -0.0746. The average molecular weight is 246 g/mol. The van der Waals surface area contributed by atoms with Crippen LogP contribution in [0.1, 0.15) is 58.2 Å². The first-order valence-corrected chi connectivity index (χ1v) is 6.81. The fourth-order valence-corrected chi connectivity index (χ4v) is 3.28. The van der Waals surface area contributed by atoms with Crippen LogP contribution in [0.2, 0.25) is 0 Å². The third-order valence-electron chi connectivity index (χ3n) is 5.50. The standard InChI is InChI=1S/C17H26O/c1-11-9-12(2)14-13(10-11)18-17(7,8)16(5,6)15(14,3)4/h9-10H,1-8H3. The molecule has 0 radical (unpaired) electrons. The van der Waals surface area contributed by atoms with Gasteiger partial charge in [-0.15, -0.1) is 0 Å². The quantitative estimate of drug-likeness (QED) is 0.640. The molecule has 0 aromatic heterocycles. The predicted octanol–water partition coefficient (Wildman–Crippen LogP) is 4.78. The molecule has 0 spiro atoms. The van der Waals surface area contributed by atoms with Crippen molar-refractivity contribution >= 4 is 0 Å². The second kappa shape index (κ2) is 3.53. The van der Waals surface area contributed by atoms with Crippen LogP contribution in [0, 0.1) is 19.3 Å². The molecule has 0 amide bonds. The molecule has 0 bridgehead atoms. The van der Waals surface area contributed by atoms with Gasteiger partial charge in [-0.25, -0.2) is 0 Å². The van der Waals surface area contributed by atoms with Crippen molar-refractivity contribution in [3.63, 3.8) is 0 Å². The normalized spacial score (nSPS) is 23.1. The van der Waals surface area contributed by atoms with Gasteiger partial charge in [0.25, 0.3) is 0 Å². The number of fused-ring (bicyclic) bond motifs is 1. The van der Waals surface area contributed by atoms with Gasteiger partial charge in [0.2, 0.25) is 0 Å². The minimum atomic E-state index is -0.163. The van der Waals surface area contributed by atoms with Crippen LogP contribution in [0.4, 0.5) is 0 Å². The summed E-state index contributed by atoms with van der Waals surface area (Å²) in [6, 6.07) is 4.44. The van der Waals surface area contributed by atoms with E-state index in [1.54, 1.807) is 0 Å². The Bertz CT molecular complexity index is 493. The second-order valence-electron chi connectivity index (χ2n) is 7.32. The zero-order valence-corrected chi connectivity index (χ0v) is 13.1. The number of benzene rings is 1. The number of hydrogen-bond donors (Lipinski definition) is 0. The summed E-state index contributed by atoms with van der Waals surface area (Å²) in [6.07, 6.45) is 0. The zero-order chi connectivity index (χ0) is 13.9. The van der Waals surface area contributed by atoms with E-state index in [4.69, 9.17) is 4.74 Å². The van der Waals surface area contributed by atoms with E-state index in [2.05, 4.69) is 67.5 Å². The Kier molecular flexibility index (Phi) is 2.63. The smallest absolute Gasteiger partial charge is 0.124 e. The molecular formula is C17H26O. The van der Waals surface area contributed by atoms with Crippen LogP contribution in [0.5, 0.6) is 5.75 Å². The average Bonchev–Trinajstić information content (AvgIpc) is 2.12. The van der Waals surface area contributed by atoms with Crippen LogP contribution in [0.25, 0.3) is 0 Å². The molecule has 0 atom stereocenters. The van der Waals surface area contributed by atoms with E-state index in [9.17, 15) is 0 Å². The molecule has 18 heavy (non-hydrogen) atoms. The largest absolute Gasteiger partial charge is 0.487 e. The van der Waals surface area contributed by atoms with Crippen LogP contribution >= 0.6 is 0 Å². The summed E-state index contributed by atoms with van der Waals surface area (Å²) < 4.78 is 6.33. The van der Waals surface area contributed by atoms with Gasteiger partial charge in [0.1, 0.15) is 11.4 Å². The number of rotatable bonds is 0. The molecule has 1 aromatic carbocycles. The molecule has 1 heterocycles. The van der Waals surface area contributed by atoms with Crippen LogP contribution in [0.3, 0.4) is 0 Å². The highest BCUT2D eigenvalue weighted by Crippen LogP contribution is 2.57. The summed E-state index contributed by atoms with van der Waals surface area (Å²) in [4.78, 5) is 0. The van der Waals surface area contributed by atoms with Crippen molar-refractivity contribution in [2.75, 3.05) is 0 Å². The molecule has 1 aliphatic heterocycles. The van der Waals surface area contributed by atoms with E-state index in [0.717, 1.165) is 5.75 Å². The first kappa shape index (κ1) is 13.5. The SMILES string of the molecule is Cc1cc(C)c2c(c1)OC(C)(C)C(C)(C)C2(C)C. The first-order chi connectivity index (χ1) is 8.00. The second-order valence-corrected chi connectivity index (χ2v) is 7.32. The third-order valence-corrected chi connectivity index (χ3v) is 5.50. The highest BCUT2D eigenvalue weighted by atomic mass is 16.5. The minimum absolute atomic E-state index is 0.0764. The lowest BCUT2D eigenvalue weighted by Gasteiger charge is -2.56. The summed E-state index contributed by atoms with van der Waals surface area (Å²) >= 11 is 0. The summed E-state index contributed by atoms with van der Waals surface area (Å²) in [5, 5.41) is 0. The Morgan fingerprint density at radius 1 is 0.889 bits per heavy atom. The summed E-state index contributed by atoms with van der Waals surface area (Å²) in [5.41, 5.74) is 4.01. The van der Waals surface area contributed by atoms with E-state index in [1.165, 1.54) is 16.7 Å². The molecule has 1 nitrogen and oxygen atoms in total. The topological polar surface area (TPSA) is 9.23 Å². The lowest BCUT2D eigenvalue weighted by Crippen LogP contribution is -2.58. The van der Waals surface area contributed by atoms with Gasteiger partial charge < -0.3 is 4.74 Å². The van der Waals surface area contributed by atoms with E-state index in [-0.39, 0.29) is 16.4 Å². The Labute approximate surface area is 112 Å². The van der Waals surface area contributed by atoms with Gasteiger partial charge in [0, 0.05) is 16.4 Å². The summed E-state index contributed by atoms with van der Waals surface area (Å²) in [5.74, 6) is 1.07. The Morgan fingerprint density at radius 2 is 1.44 bits per heavy atom. The van der Waals surface area contributed by atoms with E-state index < -0.39 is 0 Å². The maximum Gasteiger partial charge on any atom is 0.124 e. The Morgan fingerprint density at radius 3 is 2.00 bits per heavy atom. The van der Waals surface area contributed by atoms with Gasteiger partial charge in [-0.3, -0.25) is 0 Å². The monoisotopic (exact) mass is 246 g/mol. The van der Waals surface area contributed by atoms with E-state index in [1.807, 2.05) is 0 Å². The first-order valence-electron chi connectivity index (χ1n) is 6.81. The molecule has 1 heteroatoms. The van der Waals surface area contributed by atoms with Crippen LogP contribution < -0.4 is 4.74 Å². The van der Waals surface area contributed by atoms with Crippen molar-refractivity contribution in [2.24, 2.45) is 5.41 Å². The number of aryl methyl sites for hydroxylation is 2. The molecule has 0 saturated carbocycles. The molecule has 2 rings (SSSR count). The maximum atomic E-state index is 6.33. The number of hydrogen-bond acceptors (Lipinski definition) is 1. The van der Waals surface area contributed by atoms with Crippen molar-refractivity contribution in [1.82, 2.24) is 0 Å².